The maximum Gasteiger partial charge on any atom is 0.257 e. The minimum Gasteiger partial charge on any atom is -0.336 e. The van der Waals surface area contributed by atoms with E-state index in [-0.39, 0.29) is 5.91 Å². The molecule has 1 aromatic heterocycles. The second-order valence-electron chi connectivity index (χ2n) is 7.32. The molecule has 1 saturated heterocycles. The number of amides is 1. The first kappa shape index (κ1) is 17.6. The van der Waals surface area contributed by atoms with Crippen LogP contribution in [-0.2, 0) is 6.42 Å². The highest BCUT2D eigenvalue weighted by Crippen LogP contribution is 2.42. The zero-order valence-corrected chi connectivity index (χ0v) is 16.2. The predicted octanol–water partition coefficient (Wildman–Crippen LogP) is 3.35. The van der Waals surface area contributed by atoms with Crippen LogP contribution < -0.4 is 0 Å². The molecule has 2 aliphatic rings. The maximum atomic E-state index is 13.4. The van der Waals surface area contributed by atoms with Gasteiger partial charge in [0.15, 0.2) is 0 Å². The zero-order valence-electron chi connectivity index (χ0n) is 15.4. The Morgan fingerprint density at radius 2 is 1.81 bits per heavy atom. The molecule has 138 valence electrons. The first-order valence-corrected chi connectivity index (χ1v) is 9.81. The fraction of sp³-hybridized carbons (Fsp3) is 0.500. The van der Waals surface area contributed by atoms with E-state index >= 15 is 0 Å². The Hall–Kier alpha value is -1.85. The zero-order chi connectivity index (χ0) is 18.3. The fourth-order valence-corrected chi connectivity index (χ4v) is 3.76. The van der Waals surface area contributed by atoms with Crippen molar-refractivity contribution in [2.75, 3.05) is 33.2 Å². The second-order valence-corrected chi connectivity index (χ2v) is 7.75. The van der Waals surface area contributed by atoms with Gasteiger partial charge in [-0.15, -0.1) is 0 Å². The molecule has 5 nitrogen and oxygen atoms in total. The van der Waals surface area contributed by atoms with Crippen molar-refractivity contribution >= 4 is 17.5 Å². The summed E-state index contributed by atoms with van der Waals surface area (Å²) in [5.41, 5.74) is 3.80. The third kappa shape index (κ3) is 3.26. The Morgan fingerprint density at radius 3 is 2.38 bits per heavy atom. The van der Waals surface area contributed by atoms with Crippen LogP contribution in [0.5, 0.6) is 0 Å². The third-order valence-electron chi connectivity index (χ3n) is 5.38. The number of aromatic nitrogens is 2. The van der Waals surface area contributed by atoms with E-state index in [0.717, 1.165) is 68.1 Å². The highest BCUT2D eigenvalue weighted by Gasteiger charge is 2.36. The first-order chi connectivity index (χ1) is 12.6. The summed E-state index contributed by atoms with van der Waals surface area (Å²) in [6, 6.07) is 7.68. The van der Waals surface area contributed by atoms with E-state index < -0.39 is 0 Å². The second kappa shape index (κ2) is 7.05. The van der Waals surface area contributed by atoms with E-state index in [1.807, 2.05) is 33.8 Å². The van der Waals surface area contributed by atoms with Crippen molar-refractivity contribution in [1.29, 1.82) is 0 Å². The number of hydrogen-bond donors (Lipinski definition) is 0. The lowest BCUT2D eigenvalue weighted by Crippen LogP contribution is -2.47. The van der Waals surface area contributed by atoms with Crippen LogP contribution in [0.4, 0.5) is 0 Å². The number of piperazine rings is 1. The van der Waals surface area contributed by atoms with Gasteiger partial charge in [-0.3, -0.25) is 4.79 Å². The molecule has 2 heterocycles. The number of carbonyl (C=O) groups excluding carboxylic acids is 1. The van der Waals surface area contributed by atoms with Gasteiger partial charge in [-0.2, -0.15) is 5.10 Å². The van der Waals surface area contributed by atoms with Crippen LogP contribution in [0.15, 0.2) is 24.3 Å². The molecule has 2 aromatic rings. The summed E-state index contributed by atoms with van der Waals surface area (Å²) in [5, 5.41) is 5.59. The summed E-state index contributed by atoms with van der Waals surface area (Å²) < 4.78 is 1.95. The number of likely N-dealkylation sites (N-methyl/N-ethyl adjacent to an activating group) is 1. The topological polar surface area (TPSA) is 41.4 Å². The Morgan fingerprint density at radius 1 is 1.15 bits per heavy atom. The molecule has 1 amide bonds. The normalized spacial score (nSPS) is 18.3. The van der Waals surface area contributed by atoms with E-state index in [1.165, 1.54) is 0 Å². The minimum absolute atomic E-state index is 0.150. The van der Waals surface area contributed by atoms with Crippen LogP contribution >= 0.6 is 11.6 Å². The number of rotatable bonds is 4. The molecule has 0 N–H and O–H groups in total. The molecular formula is C20H25ClN4O. The number of benzene rings is 1. The molecule has 0 bridgehead atoms. The summed E-state index contributed by atoms with van der Waals surface area (Å²) in [7, 11) is 2.10. The van der Waals surface area contributed by atoms with Gasteiger partial charge < -0.3 is 9.80 Å². The predicted molar refractivity (Wildman–Crippen MR) is 103 cm³/mol. The molecule has 0 spiro atoms. The molecule has 1 saturated carbocycles. The van der Waals surface area contributed by atoms with E-state index in [1.54, 1.807) is 0 Å². The van der Waals surface area contributed by atoms with Crippen LogP contribution in [0.3, 0.4) is 0 Å². The molecular weight excluding hydrogens is 348 g/mol. The molecule has 2 fully saturated rings. The Balaban J connectivity index is 1.75. The SMILES string of the molecule is CCc1c(C(=O)N2CCN(C)CC2)c(C2CC2)nn1-c1ccc(Cl)cc1. The average Bonchev–Trinajstić information content (AvgIpc) is 3.42. The molecule has 6 heteroatoms. The quantitative estimate of drug-likeness (QED) is 0.826. The van der Waals surface area contributed by atoms with Crippen molar-refractivity contribution < 1.29 is 4.79 Å². The first-order valence-electron chi connectivity index (χ1n) is 9.44. The summed E-state index contributed by atoms with van der Waals surface area (Å²) in [5.74, 6) is 0.581. The Labute approximate surface area is 159 Å². The van der Waals surface area contributed by atoms with Crippen molar-refractivity contribution in [3.05, 3.63) is 46.2 Å². The molecule has 0 atom stereocenters. The summed E-state index contributed by atoms with van der Waals surface area (Å²) in [6.45, 7) is 5.53. The van der Waals surface area contributed by atoms with Gasteiger partial charge in [0.1, 0.15) is 0 Å². The summed E-state index contributed by atoms with van der Waals surface area (Å²) in [6.07, 6.45) is 3.03. The summed E-state index contributed by atoms with van der Waals surface area (Å²) in [4.78, 5) is 17.6. The lowest BCUT2D eigenvalue weighted by Gasteiger charge is -2.32. The van der Waals surface area contributed by atoms with E-state index in [9.17, 15) is 4.79 Å². The maximum absolute atomic E-state index is 13.4. The van der Waals surface area contributed by atoms with Crippen LogP contribution in [0.25, 0.3) is 5.69 Å². The number of nitrogens with zero attached hydrogens (tertiary/aromatic N) is 4. The van der Waals surface area contributed by atoms with Crippen LogP contribution in [0.1, 0.15) is 47.4 Å². The lowest BCUT2D eigenvalue weighted by molar-refractivity contribution is 0.0662. The highest BCUT2D eigenvalue weighted by molar-refractivity contribution is 6.30. The van der Waals surface area contributed by atoms with Crippen molar-refractivity contribution in [3.63, 3.8) is 0 Å². The average molecular weight is 373 g/mol. The van der Waals surface area contributed by atoms with Gasteiger partial charge in [-0.25, -0.2) is 4.68 Å². The van der Waals surface area contributed by atoms with Gasteiger partial charge in [-0.1, -0.05) is 18.5 Å². The number of hydrogen-bond acceptors (Lipinski definition) is 3. The third-order valence-corrected chi connectivity index (χ3v) is 5.63. The number of carbonyl (C=O) groups is 1. The van der Waals surface area contributed by atoms with Crippen molar-refractivity contribution in [2.45, 2.75) is 32.1 Å². The van der Waals surface area contributed by atoms with Gasteiger partial charge in [0, 0.05) is 37.1 Å². The van der Waals surface area contributed by atoms with E-state index in [2.05, 4.69) is 18.9 Å². The molecule has 1 aliphatic carbocycles. The molecule has 26 heavy (non-hydrogen) atoms. The molecule has 4 rings (SSSR count). The highest BCUT2D eigenvalue weighted by atomic mass is 35.5. The van der Waals surface area contributed by atoms with Crippen molar-refractivity contribution in [1.82, 2.24) is 19.6 Å². The van der Waals surface area contributed by atoms with Gasteiger partial charge in [0.2, 0.25) is 0 Å². The van der Waals surface area contributed by atoms with Crippen LogP contribution in [0, 0.1) is 0 Å². The van der Waals surface area contributed by atoms with Gasteiger partial charge in [-0.05, 0) is 50.6 Å². The van der Waals surface area contributed by atoms with Crippen molar-refractivity contribution in [2.24, 2.45) is 0 Å². The molecule has 0 unspecified atom stereocenters. The largest absolute Gasteiger partial charge is 0.336 e. The number of halogens is 1. The molecule has 1 aliphatic heterocycles. The van der Waals surface area contributed by atoms with Crippen LogP contribution in [-0.4, -0.2) is 58.7 Å². The fourth-order valence-electron chi connectivity index (χ4n) is 3.64. The molecule has 1 aromatic carbocycles. The lowest BCUT2D eigenvalue weighted by atomic mass is 10.1. The van der Waals surface area contributed by atoms with Crippen LogP contribution in [0.2, 0.25) is 5.02 Å². The van der Waals surface area contributed by atoms with Gasteiger partial charge in [0.05, 0.1) is 22.6 Å². The standard InChI is InChI=1S/C20H25ClN4O/c1-3-17-18(20(26)24-12-10-23(2)11-13-24)19(14-4-5-14)22-25(17)16-8-6-15(21)7-9-16/h6-9,14H,3-5,10-13H2,1-2H3. The minimum atomic E-state index is 0.150. The Bertz CT molecular complexity index is 802. The van der Waals surface area contributed by atoms with Gasteiger partial charge >= 0.3 is 0 Å². The monoisotopic (exact) mass is 372 g/mol. The molecule has 0 radical (unpaired) electrons. The van der Waals surface area contributed by atoms with Crippen molar-refractivity contribution in [3.8, 4) is 5.69 Å². The smallest absolute Gasteiger partial charge is 0.257 e. The summed E-state index contributed by atoms with van der Waals surface area (Å²) >= 11 is 6.04. The van der Waals surface area contributed by atoms with Gasteiger partial charge in [0.25, 0.3) is 5.91 Å². The van der Waals surface area contributed by atoms with E-state index in [0.29, 0.717) is 10.9 Å². The van der Waals surface area contributed by atoms with E-state index in [4.69, 9.17) is 16.7 Å². The Kier molecular flexibility index (Phi) is 4.76.